The summed E-state index contributed by atoms with van der Waals surface area (Å²) in [6.07, 6.45) is 0. The van der Waals surface area contributed by atoms with Crippen LogP contribution in [0.4, 0.5) is 0 Å². The number of aliphatic hydroxyl groups excluding tert-OH is 1. The molecular formula is C9H17N3O3S. The third-order valence-electron chi connectivity index (χ3n) is 2.13. The highest BCUT2D eigenvalue weighted by atomic mass is 32.2. The van der Waals surface area contributed by atoms with Gasteiger partial charge < -0.3 is 5.11 Å². The molecule has 0 aliphatic carbocycles. The molecule has 16 heavy (non-hydrogen) atoms. The molecule has 0 fully saturated rings. The molecule has 0 bridgehead atoms. The number of hydrogen-bond donors (Lipinski definition) is 3. The van der Waals surface area contributed by atoms with Gasteiger partial charge in [-0.05, 0) is 12.8 Å². The van der Waals surface area contributed by atoms with Crippen LogP contribution in [0, 0.1) is 12.8 Å². The first-order chi connectivity index (χ1) is 7.38. The number of aromatic nitrogens is 2. The van der Waals surface area contributed by atoms with Crippen LogP contribution in [-0.4, -0.2) is 30.3 Å². The molecule has 1 aromatic heterocycles. The van der Waals surface area contributed by atoms with Crippen molar-refractivity contribution in [2.45, 2.75) is 32.4 Å². The fourth-order valence-corrected chi connectivity index (χ4v) is 2.58. The van der Waals surface area contributed by atoms with E-state index in [0.717, 1.165) is 0 Å². The third kappa shape index (κ3) is 2.81. The normalized spacial score (nSPS) is 12.3. The molecule has 0 aliphatic rings. The number of hydrogen-bond acceptors (Lipinski definition) is 4. The van der Waals surface area contributed by atoms with Crippen LogP contribution >= 0.6 is 0 Å². The lowest BCUT2D eigenvalue weighted by Gasteiger charge is -2.07. The molecule has 0 radical (unpaired) electrons. The summed E-state index contributed by atoms with van der Waals surface area (Å²) in [6.45, 7) is 5.48. The Morgan fingerprint density at radius 3 is 2.62 bits per heavy atom. The first-order valence-electron chi connectivity index (χ1n) is 5.03. The largest absolute Gasteiger partial charge is 0.392 e. The predicted molar refractivity (Wildman–Crippen MR) is 59.3 cm³/mol. The zero-order valence-corrected chi connectivity index (χ0v) is 10.4. The maximum atomic E-state index is 11.8. The smallest absolute Gasteiger partial charge is 0.260 e. The van der Waals surface area contributed by atoms with Crippen molar-refractivity contribution in [2.24, 2.45) is 5.92 Å². The molecule has 0 atom stereocenters. The highest BCUT2D eigenvalue weighted by molar-refractivity contribution is 7.89. The molecule has 7 heteroatoms. The number of aliphatic hydroxyl groups is 1. The Morgan fingerprint density at radius 1 is 1.50 bits per heavy atom. The summed E-state index contributed by atoms with van der Waals surface area (Å²) in [5.74, 6) is 0.215. The van der Waals surface area contributed by atoms with Crippen LogP contribution < -0.4 is 4.72 Å². The molecule has 1 heterocycles. The monoisotopic (exact) mass is 247 g/mol. The quantitative estimate of drug-likeness (QED) is 0.690. The van der Waals surface area contributed by atoms with Gasteiger partial charge >= 0.3 is 0 Å². The topological polar surface area (TPSA) is 95.1 Å². The lowest BCUT2D eigenvalue weighted by Crippen LogP contribution is -2.28. The Morgan fingerprint density at radius 2 is 2.12 bits per heavy atom. The van der Waals surface area contributed by atoms with E-state index in [1.165, 1.54) is 0 Å². The third-order valence-corrected chi connectivity index (χ3v) is 3.52. The first kappa shape index (κ1) is 13.1. The number of aryl methyl sites for hydroxylation is 1. The minimum absolute atomic E-state index is 0.117. The van der Waals surface area contributed by atoms with Gasteiger partial charge in [-0.25, -0.2) is 13.1 Å². The van der Waals surface area contributed by atoms with Crippen molar-refractivity contribution in [3.63, 3.8) is 0 Å². The summed E-state index contributed by atoms with van der Waals surface area (Å²) in [6, 6.07) is 0. The van der Waals surface area contributed by atoms with Crippen LogP contribution in [0.25, 0.3) is 0 Å². The molecule has 0 aliphatic heterocycles. The second-order valence-corrected chi connectivity index (χ2v) is 5.72. The van der Waals surface area contributed by atoms with Gasteiger partial charge in [-0.15, -0.1) is 0 Å². The molecule has 0 saturated carbocycles. The van der Waals surface area contributed by atoms with Crippen molar-refractivity contribution in [1.82, 2.24) is 14.9 Å². The van der Waals surface area contributed by atoms with Crippen LogP contribution in [0.1, 0.15) is 25.1 Å². The summed E-state index contributed by atoms with van der Waals surface area (Å²) >= 11 is 0. The minimum Gasteiger partial charge on any atom is -0.392 e. The number of aromatic amines is 1. The summed E-state index contributed by atoms with van der Waals surface area (Å²) < 4.78 is 26.1. The Balaban J connectivity index is 2.98. The van der Waals surface area contributed by atoms with E-state index < -0.39 is 10.0 Å². The van der Waals surface area contributed by atoms with Gasteiger partial charge in [0.05, 0.1) is 6.61 Å². The predicted octanol–water partition coefficient (Wildman–Crippen LogP) is 0.145. The molecular weight excluding hydrogens is 230 g/mol. The average molecular weight is 247 g/mol. The molecule has 0 aromatic carbocycles. The standard InChI is InChI=1S/C9H17N3O3S/c1-6(2)4-10-16(14,15)9-8(5-13)7(3)11-12-9/h6,10,13H,4-5H2,1-3H3,(H,11,12). The second-order valence-electron chi connectivity index (χ2n) is 4.04. The van der Waals surface area contributed by atoms with Crippen molar-refractivity contribution >= 4 is 10.0 Å². The lowest BCUT2D eigenvalue weighted by atomic mass is 10.2. The van der Waals surface area contributed by atoms with Gasteiger partial charge in [0.25, 0.3) is 10.0 Å². The molecule has 92 valence electrons. The van der Waals surface area contributed by atoms with Gasteiger partial charge in [-0.2, -0.15) is 5.10 Å². The van der Waals surface area contributed by atoms with E-state index in [1.54, 1.807) is 6.92 Å². The Hall–Kier alpha value is -0.920. The Bertz CT molecular complexity index is 451. The zero-order chi connectivity index (χ0) is 12.3. The van der Waals surface area contributed by atoms with Crippen LogP contribution in [0.15, 0.2) is 5.03 Å². The van der Waals surface area contributed by atoms with Gasteiger partial charge in [0.2, 0.25) is 0 Å². The summed E-state index contributed by atoms with van der Waals surface area (Å²) in [7, 11) is -3.63. The van der Waals surface area contributed by atoms with Crippen molar-refractivity contribution < 1.29 is 13.5 Å². The summed E-state index contributed by atoms with van der Waals surface area (Å²) in [5.41, 5.74) is 0.878. The van der Waals surface area contributed by atoms with E-state index in [2.05, 4.69) is 14.9 Å². The average Bonchev–Trinajstić information content (AvgIpc) is 2.57. The number of H-pyrrole nitrogens is 1. The van der Waals surface area contributed by atoms with E-state index in [9.17, 15) is 8.42 Å². The molecule has 0 unspecified atom stereocenters. The van der Waals surface area contributed by atoms with Crippen molar-refractivity contribution in [1.29, 1.82) is 0 Å². The van der Waals surface area contributed by atoms with Crippen LogP contribution in [0.2, 0.25) is 0 Å². The molecule has 1 rings (SSSR count). The SMILES string of the molecule is Cc1[nH]nc(S(=O)(=O)NCC(C)C)c1CO. The van der Waals surface area contributed by atoms with Crippen molar-refractivity contribution in [3.8, 4) is 0 Å². The van der Waals surface area contributed by atoms with Crippen LogP contribution in [0.5, 0.6) is 0 Å². The fraction of sp³-hybridized carbons (Fsp3) is 0.667. The molecule has 3 N–H and O–H groups in total. The van der Waals surface area contributed by atoms with Crippen molar-refractivity contribution in [2.75, 3.05) is 6.54 Å². The maximum absolute atomic E-state index is 11.8. The van der Waals surface area contributed by atoms with Gasteiger partial charge in [0, 0.05) is 17.8 Å². The summed E-state index contributed by atoms with van der Waals surface area (Å²) in [4.78, 5) is 0. The van der Waals surface area contributed by atoms with Gasteiger partial charge in [0.1, 0.15) is 0 Å². The van der Waals surface area contributed by atoms with Crippen LogP contribution in [-0.2, 0) is 16.6 Å². The zero-order valence-electron chi connectivity index (χ0n) is 9.61. The minimum atomic E-state index is -3.63. The fourth-order valence-electron chi connectivity index (χ4n) is 1.18. The molecule has 0 amide bonds. The summed E-state index contributed by atoms with van der Waals surface area (Å²) in [5, 5.41) is 15.2. The number of rotatable bonds is 5. The van der Waals surface area contributed by atoms with Crippen LogP contribution in [0.3, 0.4) is 0 Å². The second kappa shape index (κ2) is 4.94. The van der Waals surface area contributed by atoms with E-state index in [1.807, 2.05) is 13.8 Å². The first-order valence-corrected chi connectivity index (χ1v) is 6.51. The van der Waals surface area contributed by atoms with Gasteiger partial charge in [0.15, 0.2) is 5.03 Å². The Labute approximate surface area is 95.1 Å². The highest BCUT2D eigenvalue weighted by Crippen LogP contribution is 2.15. The maximum Gasteiger partial charge on any atom is 0.260 e. The highest BCUT2D eigenvalue weighted by Gasteiger charge is 2.23. The van der Waals surface area contributed by atoms with Crippen molar-refractivity contribution in [3.05, 3.63) is 11.3 Å². The lowest BCUT2D eigenvalue weighted by molar-refractivity contribution is 0.277. The van der Waals surface area contributed by atoms with Gasteiger partial charge in [-0.3, -0.25) is 5.10 Å². The molecule has 0 spiro atoms. The molecule has 6 nitrogen and oxygen atoms in total. The molecule has 0 saturated heterocycles. The number of nitrogens with one attached hydrogen (secondary N) is 2. The number of sulfonamides is 1. The number of nitrogens with zero attached hydrogens (tertiary/aromatic N) is 1. The van der Waals surface area contributed by atoms with E-state index >= 15 is 0 Å². The van der Waals surface area contributed by atoms with E-state index in [4.69, 9.17) is 5.11 Å². The van der Waals surface area contributed by atoms with E-state index in [0.29, 0.717) is 17.8 Å². The molecule has 1 aromatic rings. The Kier molecular flexibility index (Phi) is 4.06. The van der Waals surface area contributed by atoms with E-state index in [-0.39, 0.29) is 17.6 Å². The van der Waals surface area contributed by atoms with Gasteiger partial charge in [-0.1, -0.05) is 13.8 Å².